The van der Waals surface area contributed by atoms with Crippen molar-refractivity contribution in [2.45, 2.75) is 25.1 Å². The summed E-state index contributed by atoms with van der Waals surface area (Å²) in [5.74, 6) is 0.451. The van der Waals surface area contributed by atoms with Crippen molar-refractivity contribution in [3.8, 4) is 0 Å². The number of fused-ring (bicyclic) bond motifs is 1. The van der Waals surface area contributed by atoms with Crippen molar-refractivity contribution in [2.75, 3.05) is 16.8 Å². The quantitative estimate of drug-likeness (QED) is 0.861. The largest absolute Gasteiger partial charge is 0.335 e. The van der Waals surface area contributed by atoms with Crippen LogP contribution in [0.25, 0.3) is 0 Å². The van der Waals surface area contributed by atoms with Crippen molar-refractivity contribution < 1.29 is 8.42 Å². The molecule has 4 nitrogen and oxygen atoms in total. The van der Waals surface area contributed by atoms with E-state index in [9.17, 15) is 8.42 Å². The minimum Gasteiger partial charge on any atom is -0.335 e. The molecule has 0 amide bonds. The monoisotopic (exact) mass is 296 g/mol. The number of thioether (sulfide) groups is 1. The van der Waals surface area contributed by atoms with Crippen molar-refractivity contribution in [3.63, 3.8) is 0 Å². The Morgan fingerprint density at radius 3 is 2.53 bits per heavy atom. The van der Waals surface area contributed by atoms with E-state index in [-0.39, 0.29) is 22.8 Å². The van der Waals surface area contributed by atoms with Crippen LogP contribution in [0.3, 0.4) is 0 Å². The Labute approximate surface area is 117 Å². The zero-order valence-electron chi connectivity index (χ0n) is 10.9. The standard InChI is InChI=1S/C13H16N2O2S2/c1-8-3-9(2)5-10(4-8)14-13-15-11-6-19(16,17)7-12(11)18-13/h3-5,11-12H,6-7H2,1-2H3,(H,14,15)/t11-,12-/m0/s1. The van der Waals surface area contributed by atoms with Crippen LogP contribution in [0.4, 0.5) is 5.69 Å². The second-order valence-corrected chi connectivity index (χ2v) is 8.62. The van der Waals surface area contributed by atoms with E-state index in [2.05, 4.69) is 42.4 Å². The molecule has 0 spiro atoms. The van der Waals surface area contributed by atoms with Crippen LogP contribution in [0.5, 0.6) is 0 Å². The van der Waals surface area contributed by atoms with Crippen LogP contribution in [0.2, 0.25) is 0 Å². The maximum atomic E-state index is 11.5. The van der Waals surface area contributed by atoms with Gasteiger partial charge in [-0.15, -0.1) is 0 Å². The highest BCUT2D eigenvalue weighted by Crippen LogP contribution is 2.34. The Morgan fingerprint density at radius 2 is 1.89 bits per heavy atom. The number of sulfone groups is 1. The number of hydrogen-bond acceptors (Lipinski definition) is 5. The second kappa shape index (κ2) is 4.52. The molecule has 1 aromatic rings. The van der Waals surface area contributed by atoms with Crippen LogP contribution in [-0.2, 0) is 9.84 Å². The summed E-state index contributed by atoms with van der Waals surface area (Å²) in [5, 5.41) is 4.23. The SMILES string of the molecule is Cc1cc(C)cc(NC2=N[C@H]3CS(=O)(=O)C[C@@H]3S2)c1. The average Bonchev–Trinajstić information content (AvgIpc) is 2.68. The minimum absolute atomic E-state index is 0.0663. The first-order chi connectivity index (χ1) is 8.91. The Bertz CT molecular complexity index is 632. The number of hydrogen-bond donors (Lipinski definition) is 1. The topological polar surface area (TPSA) is 58.5 Å². The number of rotatable bonds is 1. The van der Waals surface area contributed by atoms with Crippen LogP contribution in [0, 0.1) is 13.8 Å². The minimum atomic E-state index is -2.87. The Kier molecular flexibility index (Phi) is 3.09. The van der Waals surface area contributed by atoms with Gasteiger partial charge in [-0.05, 0) is 37.1 Å². The molecule has 1 fully saturated rings. The fourth-order valence-electron chi connectivity index (χ4n) is 2.59. The van der Waals surface area contributed by atoms with E-state index in [0.717, 1.165) is 10.9 Å². The zero-order chi connectivity index (χ0) is 13.6. The molecule has 1 saturated heterocycles. The third-order valence-electron chi connectivity index (χ3n) is 3.29. The summed E-state index contributed by atoms with van der Waals surface area (Å²) in [7, 11) is -2.87. The highest BCUT2D eigenvalue weighted by molar-refractivity contribution is 8.15. The van der Waals surface area contributed by atoms with Gasteiger partial charge in [0.1, 0.15) is 0 Å². The van der Waals surface area contributed by atoms with Crippen molar-refractivity contribution in [2.24, 2.45) is 4.99 Å². The molecule has 19 heavy (non-hydrogen) atoms. The lowest BCUT2D eigenvalue weighted by Gasteiger charge is -2.08. The summed E-state index contributed by atoms with van der Waals surface area (Å²) in [6.45, 7) is 4.12. The maximum Gasteiger partial charge on any atom is 0.161 e. The molecule has 102 valence electrons. The van der Waals surface area contributed by atoms with Crippen molar-refractivity contribution in [3.05, 3.63) is 29.3 Å². The lowest BCUT2D eigenvalue weighted by Crippen LogP contribution is -2.13. The van der Waals surface area contributed by atoms with Gasteiger partial charge in [-0.25, -0.2) is 8.42 Å². The van der Waals surface area contributed by atoms with Crippen LogP contribution < -0.4 is 5.32 Å². The highest BCUT2D eigenvalue weighted by Gasteiger charge is 2.42. The molecular formula is C13H16N2O2S2. The number of aliphatic imine (C=N–C) groups is 1. The molecule has 2 heterocycles. The first kappa shape index (κ1) is 13.0. The van der Waals surface area contributed by atoms with Gasteiger partial charge in [0, 0.05) is 10.9 Å². The molecule has 0 radical (unpaired) electrons. The molecule has 2 aliphatic rings. The van der Waals surface area contributed by atoms with Gasteiger partial charge in [-0.1, -0.05) is 17.8 Å². The van der Waals surface area contributed by atoms with Gasteiger partial charge in [0.15, 0.2) is 15.0 Å². The van der Waals surface area contributed by atoms with E-state index in [1.165, 1.54) is 11.1 Å². The lowest BCUT2D eigenvalue weighted by atomic mass is 10.1. The third kappa shape index (κ3) is 2.79. The molecule has 0 bridgehead atoms. The summed E-state index contributed by atoms with van der Waals surface area (Å²) < 4.78 is 23.0. The predicted octanol–water partition coefficient (Wildman–Crippen LogP) is 1.98. The van der Waals surface area contributed by atoms with Gasteiger partial charge in [0.25, 0.3) is 0 Å². The van der Waals surface area contributed by atoms with E-state index < -0.39 is 9.84 Å². The van der Waals surface area contributed by atoms with Gasteiger partial charge in [-0.2, -0.15) is 0 Å². The Balaban J connectivity index is 1.76. The molecule has 2 aliphatic heterocycles. The van der Waals surface area contributed by atoms with Crippen molar-refractivity contribution in [1.29, 1.82) is 0 Å². The Morgan fingerprint density at radius 1 is 1.21 bits per heavy atom. The lowest BCUT2D eigenvalue weighted by molar-refractivity contribution is 0.601. The van der Waals surface area contributed by atoms with Gasteiger partial charge in [0.05, 0.1) is 17.5 Å². The van der Waals surface area contributed by atoms with Gasteiger partial charge in [-0.3, -0.25) is 4.99 Å². The molecule has 3 rings (SSSR count). The molecule has 0 aliphatic carbocycles. The van der Waals surface area contributed by atoms with Gasteiger partial charge < -0.3 is 5.32 Å². The van der Waals surface area contributed by atoms with E-state index >= 15 is 0 Å². The third-order valence-corrected chi connectivity index (χ3v) is 6.43. The molecule has 0 aromatic heterocycles. The number of nitrogens with zero attached hydrogens (tertiary/aromatic N) is 1. The molecule has 2 atom stereocenters. The second-order valence-electron chi connectivity index (χ2n) is 5.24. The van der Waals surface area contributed by atoms with Crippen LogP contribution >= 0.6 is 11.8 Å². The maximum absolute atomic E-state index is 11.5. The molecular weight excluding hydrogens is 280 g/mol. The first-order valence-electron chi connectivity index (χ1n) is 6.21. The predicted molar refractivity (Wildman–Crippen MR) is 80.8 cm³/mol. The molecule has 1 N–H and O–H groups in total. The molecule has 0 unspecified atom stereocenters. The summed E-state index contributed by atoms with van der Waals surface area (Å²) in [5.41, 5.74) is 3.43. The number of aryl methyl sites for hydroxylation is 2. The molecule has 6 heteroatoms. The first-order valence-corrected chi connectivity index (χ1v) is 8.92. The Hall–Kier alpha value is -1.01. The fraction of sp³-hybridized carbons (Fsp3) is 0.462. The van der Waals surface area contributed by atoms with Crippen molar-refractivity contribution >= 4 is 32.5 Å². The molecule has 1 aromatic carbocycles. The number of benzene rings is 1. The van der Waals surface area contributed by atoms with Crippen LogP contribution in [-0.4, -0.2) is 36.4 Å². The number of amidine groups is 1. The average molecular weight is 296 g/mol. The number of anilines is 1. The highest BCUT2D eigenvalue weighted by atomic mass is 32.2. The smallest absolute Gasteiger partial charge is 0.161 e. The normalized spacial score (nSPS) is 28.0. The van der Waals surface area contributed by atoms with Crippen LogP contribution in [0.1, 0.15) is 11.1 Å². The summed E-state index contributed by atoms with van der Waals surface area (Å²) >= 11 is 1.55. The van der Waals surface area contributed by atoms with E-state index in [0.29, 0.717) is 0 Å². The van der Waals surface area contributed by atoms with E-state index in [1.807, 2.05) is 0 Å². The summed E-state index contributed by atoms with van der Waals surface area (Å²) in [6.07, 6.45) is 0. The summed E-state index contributed by atoms with van der Waals surface area (Å²) in [4.78, 5) is 4.49. The van der Waals surface area contributed by atoms with Crippen LogP contribution in [0.15, 0.2) is 23.2 Å². The van der Waals surface area contributed by atoms with E-state index in [4.69, 9.17) is 0 Å². The zero-order valence-corrected chi connectivity index (χ0v) is 12.5. The summed E-state index contributed by atoms with van der Waals surface area (Å²) in [6, 6.07) is 6.20. The van der Waals surface area contributed by atoms with E-state index in [1.54, 1.807) is 11.8 Å². The van der Waals surface area contributed by atoms with Gasteiger partial charge >= 0.3 is 0 Å². The molecule has 0 saturated carbocycles. The fourth-order valence-corrected chi connectivity index (χ4v) is 6.26. The van der Waals surface area contributed by atoms with Crippen molar-refractivity contribution in [1.82, 2.24) is 0 Å². The number of nitrogens with one attached hydrogen (secondary N) is 1. The van der Waals surface area contributed by atoms with Gasteiger partial charge in [0.2, 0.25) is 0 Å².